The largest absolute Gasteiger partial charge is 0.433 e. The van der Waals surface area contributed by atoms with Crippen LogP contribution in [-0.4, -0.2) is 19.6 Å². The molecule has 0 saturated carbocycles. The van der Waals surface area contributed by atoms with Crippen molar-refractivity contribution < 1.29 is 22.0 Å². The first-order valence-electron chi connectivity index (χ1n) is 6.13. The minimum atomic E-state index is -4.69. The molecule has 120 valence electrons. The first kappa shape index (κ1) is 15.6. The second-order valence-corrected chi connectivity index (χ2v) is 4.92. The van der Waals surface area contributed by atoms with Gasteiger partial charge in [0.25, 0.3) is 6.43 Å². The average molecular weight is 349 g/mol. The summed E-state index contributed by atoms with van der Waals surface area (Å²) in [6, 6.07) is 4.33. The second-order valence-electron chi connectivity index (χ2n) is 4.53. The Labute approximate surface area is 130 Å². The third kappa shape index (κ3) is 2.96. The number of rotatable bonds is 2. The van der Waals surface area contributed by atoms with E-state index in [1.165, 1.54) is 18.3 Å². The van der Waals surface area contributed by atoms with Crippen molar-refractivity contribution in [2.24, 2.45) is 0 Å². The van der Waals surface area contributed by atoms with Gasteiger partial charge in [-0.2, -0.15) is 18.3 Å². The van der Waals surface area contributed by atoms with Gasteiger partial charge in [0, 0.05) is 5.56 Å². The molecule has 0 bridgehead atoms. The lowest BCUT2D eigenvalue weighted by Gasteiger charge is -2.09. The van der Waals surface area contributed by atoms with Crippen LogP contribution in [0.2, 0.25) is 5.15 Å². The molecular formula is C13H6ClF5N4. The molecule has 0 unspecified atom stereocenters. The Morgan fingerprint density at radius 2 is 1.87 bits per heavy atom. The highest BCUT2D eigenvalue weighted by molar-refractivity contribution is 6.29. The Balaban J connectivity index is 2.20. The predicted molar refractivity (Wildman–Crippen MR) is 71.2 cm³/mol. The van der Waals surface area contributed by atoms with Crippen molar-refractivity contribution in [3.8, 4) is 11.3 Å². The summed E-state index contributed by atoms with van der Waals surface area (Å²) in [6.45, 7) is 0. The first-order valence-corrected chi connectivity index (χ1v) is 6.51. The lowest BCUT2D eigenvalue weighted by molar-refractivity contribution is -0.141. The number of hydrogen-bond acceptors (Lipinski definition) is 3. The fourth-order valence-corrected chi connectivity index (χ4v) is 2.20. The molecule has 4 nitrogen and oxygen atoms in total. The number of aromatic nitrogens is 4. The maximum absolute atomic E-state index is 12.8. The van der Waals surface area contributed by atoms with Gasteiger partial charge >= 0.3 is 6.18 Å². The van der Waals surface area contributed by atoms with Gasteiger partial charge in [0.05, 0.1) is 11.9 Å². The van der Waals surface area contributed by atoms with E-state index in [0.717, 1.165) is 16.6 Å². The molecule has 0 saturated heterocycles. The van der Waals surface area contributed by atoms with Gasteiger partial charge in [-0.1, -0.05) is 11.6 Å². The van der Waals surface area contributed by atoms with Crippen LogP contribution in [0.15, 0.2) is 30.5 Å². The van der Waals surface area contributed by atoms with Gasteiger partial charge in [0.15, 0.2) is 5.65 Å². The zero-order valence-corrected chi connectivity index (χ0v) is 11.8. The normalized spacial score (nSPS) is 12.3. The summed E-state index contributed by atoms with van der Waals surface area (Å²) in [7, 11) is 0. The minimum Gasteiger partial charge on any atom is -0.235 e. The van der Waals surface area contributed by atoms with Crippen LogP contribution >= 0.6 is 11.6 Å². The van der Waals surface area contributed by atoms with E-state index in [1.54, 1.807) is 0 Å². The molecule has 0 N–H and O–H groups in total. The smallest absolute Gasteiger partial charge is 0.235 e. The second kappa shape index (κ2) is 5.41. The Hall–Kier alpha value is -2.29. The van der Waals surface area contributed by atoms with Gasteiger partial charge in [-0.05, 0) is 24.3 Å². The topological polar surface area (TPSA) is 43.1 Å². The van der Waals surface area contributed by atoms with E-state index in [9.17, 15) is 22.0 Å². The van der Waals surface area contributed by atoms with Crippen molar-refractivity contribution >= 4 is 17.2 Å². The summed E-state index contributed by atoms with van der Waals surface area (Å²) in [4.78, 5) is 7.14. The van der Waals surface area contributed by atoms with Crippen LogP contribution in [0.5, 0.6) is 0 Å². The van der Waals surface area contributed by atoms with Gasteiger partial charge in [0.2, 0.25) is 0 Å². The van der Waals surface area contributed by atoms with Crippen molar-refractivity contribution in [2.45, 2.75) is 12.6 Å². The van der Waals surface area contributed by atoms with Gasteiger partial charge in [-0.3, -0.25) is 0 Å². The van der Waals surface area contributed by atoms with Gasteiger partial charge in [0.1, 0.15) is 16.5 Å². The molecule has 0 aliphatic rings. The number of nitrogens with zero attached hydrogens (tertiary/aromatic N) is 4. The maximum Gasteiger partial charge on any atom is 0.433 e. The monoisotopic (exact) mass is 348 g/mol. The Morgan fingerprint density at radius 3 is 2.52 bits per heavy atom. The van der Waals surface area contributed by atoms with Crippen molar-refractivity contribution in [3.63, 3.8) is 0 Å². The van der Waals surface area contributed by atoms with Crippen molar-refractivity contribution in [3.05, 3.63) is 47.0 Å². The molecule has 3 heterocycles. The van der Waals surface area contributed by atoms with E-state index in [-0.39, 0.29) is 22.1 Å². The van der Waals surface area contributed by atoms with Crippen molar-refractivity contribution in [1.29, 1.82) is 0 Å². The number of fused-ring (bicyclic) bond motifs is 1. The Morgan fingerprint density at radius 1 is 1.13 bits per heavy atom. The Bertz CT molecular complexity index is 874. The molecule has 0 fully saturated rings. The molecule has 0 radical (unpaired) electrons. The Kier molecular flexibility index (Phi) is 3.67. The summed E-state index contributed by atoms with van der Waals surface area (Å²) in [5, 5.41) is 3.31. The van der Waals surface area contributed by atoms with Crippen LogP contribution in [0.25, 0.3) is 16.9 Å². The summed E-state index contributed by atoms with van der Waals surface area (Å²) < 4.78 is 65.0. The third-order valence-electron chi connectivity index (χ3n) is 2.99. The number of alkyl halides is 5. The fraction of sp³-hybridized carbons (Fsp3) is 0.154. The van der Waals surface area contributed by atoms with E-state index < -0.39 is 24.0 Å². The fourth-order valence-electron chi connectivity index (χ4n) is 1.99. The third-order valence-corrected chi connectivity index (χ3v) is 3.18. The van der Waals surface area contributed by atoms with E-state index in [2.05, 4.69) is 15.1 Å². The molecule has 0 amide bonds. The maximum atomic E-state index is 12.8. The highest BCUT2D eigenvalue weighted by atomic mass is 35.5. The zero-order chi connectivity index (χ0) is 16.8. The molecule has 0 aliphatic carbocycles. The molecule has 3 aromatic heterocycles. The number of pyridine rings is 1. The van der Waals surface area contributed by atoms with Gasteiger partial charge in [-0.15, -0.1) is 0 Å². The molecule has 23 heavy (non-hydrogen) atoms. The number of halogens is 6. The van der Waals surface area contributed by atoms with E-state index in [0.29, 0.717) is 0 Å². The van der Waals surface area contributed by atoms with Crippen LogP contribution in [0, 0.1) is 0 Å². The molecule has 0 atom stereocenters. The van der Waals surface area contributed by atoms with Gasteiger partial charge < -0.3 is 0 Å². The molecule has 0 spiro atoms. The van der Waals surface area contributed by atoms with Crippen molar-refractivity contribution in [2.75, 3.05) is 0 Å². The molecule has 3 aromatic rings. The van der Waals surface area contributed by atoms with Gasteiger partial charge in [-0.25, -0.2) is 23.3 Å². The van der Waals surface area contributed by atoms with E-state index in [4.69, 9.17) is 11.6 Å². The zero-order valence-electron chi connectivity index (χ0n) is 11.0. The van der Waals surface area contributed by atoms with E-state index in [1.807, 2.05) is 0 Å². The predicted octanol–water partition coefficient (Wildman–Crippen LogP) is 4.40. The standard InChI is InChI=1S/C13H6ClF5N4/c14-10-4-6(3-9(21-10)13(17,18)19)8-5-20-11-2-1-7(12(15)16)22-23(8)11/h1-5,12H. The highest BCUT2D eigenvalue weighted by Gasteiger charge is 2.33. The molecule has 0 aromatic carbocycles. The molecule has 10 heteroatoms. The quantitative estimate of drug-likeness (QED) is 0.509. The summed E-state index contributed by atoms with van der Waals surface area (Å²) in [5.74, 6) is 0. The lowest BCUT2D eigenvalue weighted by atomic mass is 10.2. The lowest BCUT2D eigenvalue weighted by Crippen LogP contribution is -2.08. The van der Waals surface area contributed by atoms with Crippen LogP contribution in [-0.2, 0) is 6.18 Å². The van der Waals surface area contributed by atoms with Crippen LogP contribution in [0.3, 0.4) is 0 Å². The SMILES string of the molecule is FC(F)c1ccc2ncc(-c3cc(Cl)nc(C(F)(F)F)c3)n2n1. The molecular weight excluding hydrogens is 343 g/mol. The molecule has 0 aliphatic heterocycles. The summed E-state index contributed by atoms with van der Waals surface area (Å²) in [5.41, 5.74) is -1.39. The first-order chi connectivity index (χ1) is 10.8. The molecule has 3 rings (SSSR count). The van der Waals surface area contributed by atoms with Crippen LogP contribution in [0.4, 0.5) is 22.0 Å². The minimum absolute atomic E-state index is 0.0174. The van der Waals surface area contributed by atoms with Crippen LogP contribution in [0.1, 0.15) is 17.8 Å². The summed E-state index contributed by atoms with van der Waals surface area (Å²) in [6.07, 6.45) is -6.29. The summed E-state index contributed by atoms with van der Waals surface area (Å²) >= 11 is 5.62. The number of imidazole rings is 1. The number of hydrogen-bond donors (Lipinski definition) is 0. The highest BCUT2D eigenvalue weighted by Crippen LogP contribution is 2.32. The average Bonchev–Trinajstić information content (AvgIpc) is 2.88. The van der Waals surface area contributed by atoms with E-state index >= 15 is 0 Å². The van der Waals surface area contributed by atoms with Crippen LogP contribution < -0.4 is 0 Å². The van der Waals surface area contributed by atoms with Crippen molar-refractivity contribution in [1.82, 2.24) is 19.6 Å².